The van der Waals surface area contributed by atoms with E-state index in [4.69, 9.17) is 4.98 Å². The summed E-state index contributed by atoms with van der Waals surface area (Å²) in [5, 5.41) is 3.50. The fourth-order valence-electron chi connectivity index (χ4n) is 3.24. The van der Waals surface area contributed by atoms with Crippen molar-refractivity contribution in [1.29, 1.82) is 0 Å². The van der Waals surface area contributed by atoms with E-state index in [9.17, 15) is 14.0 Å². The van der Waals surface area contributed by atoms with E-state index in [1.165, 1.54) is 30.0 Å². The molecule has 0 radical (unpaired) electrons. The van der Waals surface area contributed by atoms with E-state index < -0.39 is 5.82 Å². The van der Waals surface area contributed by atoms with Gasteiger partial charge in [0.25, 0.3) is 5.56 Å². The molecule has 4 rings (SSSR count). The summed E-state index contributed by atoms with van der Waals surface area (Å²) in [6.07, 6.45) is 0.741. The molecule has 0 spiro atoms. The van der Waals surface area contributed by atoms with Crippen LogP contribution in [-0.2, 0) is 17.8 Å². The van der Waals surface area contributed by atoms with Crippen molar-refractivity contribution >= 4 is 35.1 Å². The number of hydrogen-bond acceptors (Lipinski definition) is 5. The van der Waals surface area contributed by atoms with Crippen LogP contribution in [0.1, 0.15) is 18.2 Å². The van der Waals surface area contributed by atoms with Crippen molar-refractivity contribution in [2.45, 2.75) is 35.2 Å². The van der Waals surface area contributed by atoms with E-state index in [-0.39, 0.29) is 17.2 Å². The minimum absolute atomic E-state index is 0.0637. The summed E-state index contributed by atoms with van der Waals surface area (Å²) in [4.78, 5) is 30.9. The first kappa shape index (κ1) is 20.7. The first-order valence-electron chi connectivity index (χ1n) is 9.52. The zero-order chi connectivity index (χ0) is 21.1. The van der Waals surface area contributed by atoms with Gasteiger partial charge in [-0.3, -0.25) is 14.2 Å². The van der Waals surface area contributed by atoms with Crippen molar-refractivity contribution in [2.24, 2.45) is 0 Å². The van der Waals surface area contributed by atoms with Gasteiger partial charge < -0.3 is 5.32 Å². The lowest BCUT2D eigenvalue weighted by atomic mass is 10.2. The van der Waals surface area contributed by atoms with Gasteiger partial charge in [0.1, 0.15) is 5.82 Å². The maximum absolute atomic E-state index is 13.3. The second kappa shape index (κ2) is 9.06. The number of aromatic nitrogens is 2. The minimum Gasteiger partial charge on any atom is -0.325 e. The molecule has 154 valence electrons. The predicted octanol–water partition coefficient (Wildman–Crippen LogP) is 4.20. The highest BCUT2D eigenvalue weighted by atomic mass is 32.2. The van der Waals surface area contributed by atoms with Crippen molar-refractivity contribution in [3.8, 4) is 0 Å². The van der Waals surface area contributed by atoms with Crippen LogP contribution in [0.15, 0.2) is 69.4 Å². The van der Waals surface area contributed by atoms with Crippen LogP contribution >= 0.6 is 23.5 Å². The lowest BCUT2D eigenvalue weighted by Crippen LogP contribution is -2.26. The molecule has 1 aromatic heterocycles. The summed E-state index contributed by atoms with van der Waals surface area (Å²) in [7, 11) is 0. The molecular weight excluding hydrogens is 421 g/mol. The van der Waals surface area contributed by atoms with Gasteiger partial charge in [-0.2, -0.15) is 0 Å². The van der Waals surface area contributed by atoms with Gasteiger partial charge in [-0.1, -0.05) is 55.1 Å². The molecule has 3 aromatic rings. The third kappa shape index (κ3) is 4.76. The number of nitrogens with one attached hydrogen (secondary N) is 1. The number of halogens is 1. The summed E-state index contributed by atoms with van der Waals surface area (Å²) in [5.41, 5.74) is 2.12. The number of benzene rings is 2. The average molecular weight is 442 g/mol. The smallest absolute Gasteiger partial charge is 0.268 e. The van der Waals surface area contributed by atoms with Crippen LogP contribution in [0, 0.1) is 5.82 Å². The van der Waals surface area contributed by atoms with E-state index >= 15 is 0 Å². The number of thioether (sulfide) groups is 2. The molecule has 0 saturated heterocycles. The number of rotatable bonds is 6. The molecule has 5 nitrogen and oxygen atoms in total. The van der Waals surface area contributed by atoms with Gasteiger partial charge in [0.2, 0.25) is 5.91 Å². The summed E-state index contributed by atoms with van der Waals surface area (Å²) < 4.78 is 15.0. The maximum atomic E-state index is 13.3. The number of anilines is 1. The van der Waals surface area contributed by atoms with E-state index in [1.54, 1.807) is 22.4 Å². The third-order valence-corrected chi connectivity index (χ3v) is 6.78. The first-order chi connectivity index (χ1) is 14.5. The first-order valence-corrected chi connectivity index (χ1v) is 11.4. The molecular formula is C22H20FN3O2S2. The Morgan fingerprint density at radius 2 is 2.07 bits per heavy atom. The molecule has 1 aliphatic rings. The number of carbonyl (C=O) groups excluding carboxylic acids is 1. The molecule has 0 aliphatic carbocycles. The van der Waals surface area contributed by atoms with E-state index in [0.29, 0.717) is 27.5 Å². The van der Waals surface area contributed by atoms with Gasteiger partial charge >= 0.3 is 0 Å². The largest absolute Gasteiger partial charge is 0.325 e. The van der Waals surface area contributed by atoms with Gasteiger partial charge in [-0.15, -0.1) is 11.8 Å². The molecule has 1 N–H and O–H groups in total. The monoisotopic (exact) mass is 441 g/mol. The predicted molar refractivity (Wildman–Crippen MR) is 119 cm³/mol. The topological polar surface area (TPSA) is 64.0 Å². The molecule has 1 aliphatic heterocycles. The highest BCUT2D eigenvalue weighted by Gasteiger charge is 2.26. The number of amides is 1. The SMILES string of the molecule is C[C@@H]1Cc2nc(SCC(=O)Nc3cccc(F)c3)n(Cc3ccccc3)c(=O)c2S1. The zero-order valence-corrected chi connectivity index (χ0v) is 17.9. The van der Waals surface area contributed by atoms with Crippen LogP contribution < -0.4 is 10.9 Å². The molecule has 8 heteroatoms. The Morgan fingerprint density at radius 1 is 1.27 bits per heavy atom. The fraction of sp³-hybridized carbons (Fsp3) is 0.227. The highest BCUT2D eigenvalue weighted by molar-refractivity contribution is 8.00. The van der Waals surface area contributed by atoms with Gasteiger partial charge in [0.15, 0.2) is 5.16 Å². The van der Waals surface area contributed by atoms with Crippen molar-refractivity contribution in [3.63, 3.8) is 0 Å². The summed E-state index contributed by atoms with van der Waals surface area (Å²) in [6.45, 7) is 2.47. The van der Waals surface area contributed by atoms with Crippen LogP contribution in [0.4, 0.5) is 10.1 Å². The molecule has 1 atom stereocenters. The van der Waals surface area contributed by atoms with Crippen molar-refractivity contribution < 1.29 is 9.18 Å². The quantitative estimate of drug-likeness (QED) is 0.459. The fourth-order valence-corrected chi connectivity index (χ4v) is 5.17. The number of fused-ring (bicyclic) bond motifs is 1. The lowest BCUT2D eigenvalue weighted by molar-refractivity contribution is -0.113. The molecule has 0 unspecified atom stereocenters. The summed E-state index contributed by atoms with van der Waals surface area (Å²) >= 11 is 2.77. The van der Waals surface area contributed by atoms with E-state index in [0.717, 1.165) is 17.7 Å². The Morgan fingerprint density at radius 3 is 2.83 bits per heavy atom. The minimum atomic E-state index is -0.413. The summed E-state index contributed by atoms with van der Waals surface area (Å²) in [6, 6.07) is 15.5. The molecule has 1 amide bonds. The highest BCUT2D eigenvalue weighted by Crippen LogP contribution is 2.34. The van der Waals surface area contributed by atoms with Gasteiger partial charge in [0, 0.05) is 17.4 Å². The Kier molecular flexibility index (Phi) is 6.24. The van der Waals surface area contributed by atoms with Crippen LogP contribution in [0.5, 0.6) is 0 Å². The van der Waals surface area contributed by atoms with Gasteiger partial charge in [0.05, 0.1) is 22.9 Å². The molecule has 0 bridgehead atoms. The standard InChI is InChI=1S/C22H20FN3O2S2/c1-14-10-18-20(30-14)21(28)26(12-15-6-3-2-4-7-15)22(25-18)29-13-19(27)24-17-9-5-8-16(23)11-17/h2-9,11,14H,10,12-13H2,1H3,(H,24,27)/t14-/m1/s1. The Bertz CT molecular complexity index is 1130. The Balaban J connectivity index is 1.57. The van der Waals surface area contributed by atoms with Crippen molar-refractivity contribution in [3.05, 3.63) is 82.0 Å². The van der Waals surface area contributed by atoms with Crippen molar-refractivity contribution in [2.75, 3.05) is 11.1 Å². The molecule has 0 fully saturated rings. The number of hydrogen-bond donors (Lipinski definition) is 1. The Labute approximate surface area is 182 Å². The molecule has 30 heavy (non-hydrogen) atoms. The van der Waals surface area contributed by atoms with E-state index in [1.807, 2.05) is 30.3 Å². The number of carbonyl (C=O) groups is 1. The van der Waals surface area contributed by atoms with E-state index in [2.05, 4.69) is 12.2 Å². The maximum Gasteiger partial charge on any atom is 0.268 e. The second-order valence-corrected chi connectivity index (χ2v) is 9.42. The van der Waals surface area contributed by atoms with Gasteiger partial charge in [-0.05, 0) is 23.8 Å². The number of nitrogens with zero attached hydrogens (tertiary/aromatic N) is 2. The lowest BCUT2D eigenvalue weighted by Gasteiger charge is -2.14. The van der Waals surface area contributed by atoms with Gasteiger partial charge in [-0.25, -0.2) is 9.37 Å². The van der Waals surface area contributed by atoms with Crippen LogP contribution in [0.25, 0.3) is 0 Å². The van der Waals surface area contributed by atoms with Crippen LogP contribution in [0.2, 0.25) is 0 Å². The second-order valence-electron chi connectivity index (χ2n) is 7.03. The van der Waals surface area contributed by atoms with Crippen LogP contribution in [-0.4, -0.2) is 26.5 Å². The molecule has 0 saturated carbocycles. The molecule has 2 aromatic carbocycles. The average Bonchev–Trinajstić information content (AvgIpc) is 3.10. The molecule has 2 heterocycles. The zero-order valence-electron chi connectivity index (χ0n) is 16.3. The third-order valence-electron chi connectivity index (χ3n) is 4.59. The normalized spacial score (nSPS) is 15.1. The van der Waals surface area contributed by atoms with Crippen LogP contribution in [0.3, 0.4) is 0 Å². The van der Waals surface area contributed by atoms with Crippen molar-refractivity contribution in [1.82, 2.24) is 9.55 Å². The Hall–Kier alpha value is -2.58. The summed E-state index contributed by atoms with van der Waals surface area (Å²) in [5.74, 6) is -0.627.